The maximum atomic E-state index is 12.8. The number of ether oxygens (including phenoxy) is 1. The topological polar surface area (TPSA) is 32.8 Å². The van der Waals surface area contributed by atoms with E-state index in [1.807, 2.05) is 49.5 Å². The van der Waals surface area contributed by atoms with E-state index in [2.05, 4.69) is 30.5 Å². The van der Waals surface area contributed by atoms with Crippen molar-refractivity contribution in [1.82, 2.24) is 4.90 Å². The van der Waals surface area contributed by atoms with Crippen molar-refractivity contribution in [2.45, 2.75) is 19.4 Å². The van der Waals surface area contributed by atoms with Crippen LogP contribution < -0.4 is 9.64 Å². The summed E-state index contributed by atoms with van der Waals surface area (Å²) in [6.07, 6.45) is 2.63. The predicted molar refractivity (Wildman–Crippen MR) is 108 cm³/mol. The minimum Gasteiger partial charge on any atom is -0.497 e. The Morgan fingerprint density at radius 2 is 1.81 bits per heavy atom. The summed E-state index contributed by atoms with van der Waals surface area (Å²) in [5, 5.41) is 0. The summed E-state index contributed by atoms with van der Waals surface area (Å²) < 4.78 is 5.20. The summed E-state index contributed by atoms with van der Waals surface area (Å²) in [6.45, 7) is 6.78. The number of likely N-dealkylation sites (N-methyl/N-ethyl adjacent to an activating group) is 1. The van der Waals surface area contributed by atoms with Crippen LogP contribution in [0.3, 0.4) is 0 Å². The summed E-state index contributed by atoms with van der Waals surface area (Å²) in [5.41, 5.74) is 2.12. The molecule has 0 radical (unpaired) electrons. The molecule has 0 aliphatic rings. The number of para-hydroxylation sites is 1. The van der Waals surface area contributed by atoms with Crippen LogP contribution in [0.25, 0.3) is 0 Å². The monoisotopic (exact) mass is 352 g/mol. The molecular formula is C22H28N2O2. The van der Waals surface area contributed by atoms with E-state index < -0.39 is 0 Å². The lowest BCUT2D eigenvalue weighted by molar-refractivity contribution is -0.119. The molecule has 1 atom stereocenters. The number of carbonyl (C=O) groups is 1. The summed E-state index contributed by atoms with van der Waals surface area (Å²) in [6, 6.07) is 18.0. The lowest BCUT2D eigenvalue weighted by Gasteiger charge is -2.28. The highest BCUT2D eigenvalue weighted by molar-refractivity contribution is 5.95. The molecule has 0 N–H and O–H groups in total. The lowest BCUT2D eigenvalue weighted by atomic mass is 10.1. The summed E-state index contributed by atoms with van der Waals surface area (Å²) in [5.74, 6) is 0.924. The van der Waals surface area contributed by atoms with Crippen LogP contribution in [0.4, 0.5) is 5.69 Å². The van der Waals surface area contributed by atoms with Crippen molar-refractivity contribution in [3.05, 3.63) is 72.8 Å². The molecule has 4 heteroatoms. The van der Waals surface area contributed by atoms with Gasteiger partial charge in [-0.25, -0.2) is 0 Å². The molecule has 4 nitrogen and oxygen atoms in total. The Morgan fingerprint density at radius 3 is 2.38 bits per heavy atom. The second kappa shape index (κ2) is 9.78. The standard InChI is InChI=1S/C22H28N2O2/c1-5-15-24(20-9-7-6-8-10-20)22(25)17-23(3)18(2)16-19-11-13-21(26-4)14-12-19/h5-14,18H,1,15-17H2,2-4H3. The fourth-order valence-corrected chi connectivity index (χ4v) is 2.80. The van der Waals surface area contributed by atoms with Crippen LogP contribution in [0.2, 0.25) is 0 Å². The van der Waals surface area contributed by atoms with Gasteiger partial charge >= 0.3 is 0 Å². The van der Waals surface area contributed by atoms with Crippen LogP contribution in [-0.4, -0.2) is 44.1 Å². The van der Waals surface area contributed by atoms with Gasteiger partial charge in [0.05, 0.1) is 13.7 Å². The van der Waals surface area contributed by atoms with Gasteiger partial charge in [-0.05, 0) is 50.2 Å². The average molecular weight is 352 g/mol. The third kappa shape index (κ3) is 5.46. The highest BCUT2D eigenvalue weighted by Crippen LogP contribution is 2.16. The third-order valence-electron chi connectivity index (χ3n) is 4.51. The van der Waals surface area contributed by atoms with Crippen molar-refractivity contribution < 1.29 is 9.53 Å². The number of rotatable bonds is 9. The van der Waals surface area contributed by atoms with Crippen molar-refractivity contribution in [3.63, 3.8) is 0 Å². The van der Waals surface area contributed by atoms with Gasteiger partial charge < -0.3 is 9.64 Å². The van der Waals surface area contributed by atoms with Crippen molar-refractivity contribution in [2.24, 2.45) is 0 Å². The normalized spacial score (nSPS) is 11.8. The second-order valence-corrected chi connectivity index (χ2v) is 6.44. The van der Waals surface area contributed by atoms with Gasteiger partial charge in [-0.1, -0.05) is 36.4 Å². The van der Waals surface area contributed by atoms with Gasteiger partial charge in [0.15, 0.2) is 0 Å². The van der Waals surface area contributed by atoms with E-state index >= 15 is 0 Å². The molecule has 0 aliphatic carbocycles. The number of anilines is 1. The Hall–Kier alpha value is -2.59. The predicted octanol–water partition coefficient (Wildman–Crippen LogP) is 3.78. The average Bonchev–Trinajstić information content (AvgIpc) is 2.67. The zero-order valence-corrected chi connectivity index (χ0v) is 15.9. The van der Waals surface area contributed by atoms with Gasteiger partial charge in [-0.3, -0.25) is 9.69 Å². The van der Waals surface area contributed by atoms with Gasteiger partial charge in [0, 0.05) is 18.3 Å². The van der Waals surface area contributed by atoms with Crippen LogP contribution in [0.1, 0.15) is 12.5 Å². The summed E-state index contributed by atoms with van der Waals surface area (Å²) in [4.78, 5) is 16.7. The molecule has 1 unspecified atom stereocenters. The Labute approximate surface area is 156 Å². The first kappa shape index (κ1) is 19.7. The highest BCUT2D eigenvalue weighted by atomic mass is 16.5. The third-order valence-corrected chi connectivity index (χ3v) is 4.51. The van der Waals surface area contributed by atoms with E-state index in [-0.39, 0.29) is 11.9 Å². The van der Waals surface area contributed by atoms with Crippen LogP contribution in [0.5, 0.6) is 5.75 Å². The van der Waals surface area contributed by atoms with Crippen LogP contribution in [0, 0.1) is 0 Å². The van der Waals surface area contributed by atoms with E-state index in [0.29, 0.717) is 13.1 Å². The fourth-order valence-electron chi connectivity index (χ4n) is 2.80. The molecule has 0 heterocycles. The number of hydrogen-bond acceptors (Lipinski definition) is 3. The molecule has 2 aromatic rings. The summed E-state index contributed by atoms with van der Waals surface area (Å²) >= 11 is 0. The smallest absolute Gasteiger partial charge is 0.241 e. The minimum atomic E-state index is 0.0696. The Bertz CT molecular complexity index is 698. The molecule has 0 fully saturated rings. The highest BCUT2D eigenvalue weighted by Gasteiger charge is 2.19. The SMILES string of the molecule is C=CCN(C(=O)CN(C)C(C)Cc1ccc(OC)cc1)c1ccccc1. The number of benzene rings is 2. The van der Waals surface area contributed by atoms with Crippen molar-refractivity contribution in [3.8, 4) is 5.75 Å². The zero-order valence-electron chi connectivity index (χ0n) is 15.9. The van der Waals surface area contributed by atoms with Crippen molar-refractivity contribution in [1.29, 1.82) is 0 Å². The van der Waals surface area contributed by atoms with Gasteiger partial charge in [0.25, 0.3) is 0 Å². The number of hydrogen-bond donors (Lipinski definition) is 0. The zero-order chi connectivity index (χ0) is 18.9. The van der Waals surface area contributed by atoms with Gasteiger partial charge in [0.1, 0.15) is 5.75 Å². The maximum Gasteiger partial charge on any atom is 0.241 e. The van der Waals surface area contributed by atoms with Crippen molar-refractivity contribution in [2.75, 3.05) is 32.1 Å². The molecule has 0 aliphatic heterocycles. The molecule has 138 valence electrons. The molecule has 0 spiro atoms. The van der Waals surface area contributed by atoms with Gasteiger partial charge in [0.2, 0.25) is 5.91 Å². The number of amides is 1. The largest absolute Gasteiger partial charge is 0.497 e. The minimum absolute atomic E-state index is 0.0696. The van der Waals surface area contributed by atoms with Crippen LogP contribution >= 0.6 is 0 Å². The Kier molecular flexibility index (Phi) is 7.42. The second-order valence-electron chi connectivity index (χ2n) is 6.44. The fraction of sp³-hybridized carbons (Fsp3) is 0.318. The molecule has 0 saturated heterocycles. The molecule has 1 amide bonds. The number of methoxy groups -OCH3 is 1. The van der Waals surface area contributed by atoms with E-state index in [4.69, 9.17) is 4.74 Å². The molecule has 2 rings (SSSR count). The van der Waals surface area contributed by atoms with E-state index in [9.17, 15) is 4.79 Å². The van der Waals surface area contributed by atoms with E-state index in [0.717, 1.165) is 17.9 Å². The lowest BCUT2D eigenvalue weighted by Crippen LogP contribution is -2.42. The van der Waals surface area contributed by atoms with Crippen LogP contribution in [-0.2, 0) is 11.2 Å². The van der Waals surface area contributed by atoms with Gasteiger partial charge in [-0.2, -0.15) is 0 Å². The van der Waals surface area contributed by atoms with Gasteiger partial charge in [-0.15, -0.1) is 6.58 Å². The molecule has 2 aromatic carbocycles. The molecule has 26 heavy (non-hydrogen) atoms. The van der Waals surface area contributed by atoms with Crippen LogP contribution in [0.15, 0.2) is 67.3 Å². The van der Waals surface area contributed by atoms with E-state index in [1.54, 1.807) is 18.1 Å². The Morgan fingerprint density at radius 1 is 1.15 bits per heavy atom. The number of carbonyl (C=O) groups excluding carboxylic acids is 1. The first-order valence-electron chi connectivity index (χ1n) is 8.84. The number of nitrogens with zero attached hydrogens (tertiary/aromatic N) is 2. The molecular weight excluding hydrogens is 324 g/mol. The van der Waals surface area contributed by atoms with Crippen molar-refractivity contribution >= 4 is 11.6 Å². The summed E-state index contributed by atoms with van der Waals surface area (Å²) in [7, 11) is 3.65. The molecule has 0 saturated carbocycles. The molecule has 0 bridgehead atoms. The first-order valence-corrected chi connectivity index (χ1v) is 8.84. The maximum absolute atomic E-state index is 12.8. The van der Waals surface area contributed by atoms with E-state index in [1.165, 1.54) is 5.56 Å². The quantitative estimate of drug-likeness (QED) is 0.644. The first-order chi connectivity index (χ1) is 12.5. The Balaban J connectivity index is 1.98. The molecule has 0 aromatic heterocycles.